The van der Waals surface area contributed by atoms with E-state index in [1.54, 1.807) is 4.90 Å². The highest BCUT2D eigenvalue weighted by Gasteiger charge is 2.46. The fraction of sp³-hybridized carbons (Fsp3) is 0.391. The van der Waals surface area contributed by atoms with E-state index in [4.69, 9.17) is 4.74 Å². The third kappa shape index (κ3) is 4.45. The molecule has 7 heteroatoms. The average Bonchev–Trinajstić information content (AvgIpc) is 3.12. The van der Waals surface area contributed by atoms with Gasteiger partial charge in [-0.25, -0.2) is 0 Å². The van der Waals surface area contributed by atoms with Gasteiger partial charge in [0.2, 0.25) is 11.8 Å². The molecule has 2 aliphatic heterocycles. The summed E-state index contributed by atoms with van der Waals surface area (Å²) in [5.74, 6) is 0.455. The van der Waals surface area contributed by atoms with Crippen LogP contribution < -0.4 is 15.0 Å². The Labute approximate surface area is 183 Å². The maximum Gasteiger partial charge on any atom is 0.228 e. The van der Waals surface area contributed by atoms with Crippen LogP contribution in [0.15, 0.2) is 54.6 Å². The van der Waals surface area contributed by atoms with E-state index in [9.17, 15) is 9.59 Å². The number of benzene rings is 2. The summed E-state index contributed by atoms with van der Waals surface area (Å²) in [6, 6.07) is 17.1. The molecule has 6 nitrogen and oxygen atoms in total. The molecule has 0 saturated carbocycles. The largest absolute Gasteiger partial charge is 0.494 e. The van der Waals surface area contributed by atoms with Crippen LogP contribution >= 0.6 is 12.4 Å². The summed E-state index contributed by atoms with van der Waals surface area (Å²) < 4.78 is 5.56. The molecule has 0 bridgehead atoms. The molecule has 2 saturated heterocycles. The van der Waals surface area contributed by atoms with Gasteiger partial charge in [0.15, 0.2) is 0 Å². The SMILES string of the molecule is CCOc1ccc([C@@H]2[C@H](C(=O)N3CCNCC3)CC(=O)N2c2ccccc2)cc1.Cl. The maximum atomic E-state index is 13.4. The first-order chi connectivity index (χ1) is 14.2. The highest BCUT2D eigenvalue weighted by atomic mass is 35.5. The summed E-state index contributed by atoms with van der Waals surface area (Å²) in [5, 5.41) is 3.28. The van der Waals surface area contributed by atoms with Gasteiger partial charge >= 0.3 is 0 Å². The summed E-state index contributed by atoms with van der Waals surface area (Å²) in [7, 11) is 0. The molecule has 2 aromatic rings. The van der Waals surface area contributed by atoms with E-state index in [0.29, 0.717) is 19.7 Å². The molecule has 0 aliphatic carbocycles. The van der Waals surface area contributed by atoms with Crippen LogP contribution in [-0.2, 0) is 9.59 Å². The van der Waals surface area contributed by atoms with Gasteiger partial charge in [0.1, 0.15) is 5.75 Å². The average molecular weight is 430 g/mol. The van der Waals surface area contributed by atoms with E-state index in [1.165, 1.54) is 0 Å². The van der Waals surface area contributed by atoms with Crippen LogP contribution in [0.2, 0.25) is 0 Å². The molecule has 30 heavy (non-hydrogen) atoms. The standard InChI is InChI=1S/C23H27N3O3.ClH/c1-2-29-19-10-8-17(9-11-19)22-20(23(28)25-14-12-24-13-15-25)16-21(27)26(22)18-6-4-3-5-7-18;/h3-11,20,22,24H,2,12-16H2,1H3;1H/t20-,22-;/m1./s1. The lowest BCUT2D eigenvalue weighted by Gasteiger charge is -2.33. The molecule has 4 rings (SSSR count). The first kappa shape index (κ1) is 22.1. The molecule has 2 heterocycles. The Hall–Kier alpha value is -2.57. The van der Waals surface area contributed by atoms with E-state index < -0.39 is 5.92 Å². The number of carbonyl (C=O) groups excluding carboxylic acids is 2. The number of halogens is 1. The molecule has 2 fully saturated rings. The number of nitrogens with one attached hydrogen (secondary N) is 1. The van der Waals surface area contributed by atoms with Gasteiger partial charge in [0.05, 0.1) is 18.6 Å². The molecule has 1 N–H and O–H groups in total. The van der Waals surface area contributed by atoms with Crippen molar-refractivity contribution in [3.8, 4) is 5.75 Å². The normalized spacial score (nSPS) is 21.3. The van der Waals surface area contributed by atoms with E-state index in [1.807, 2.05) is 66.4 Å². The van der Waals surface area contributed by atoms with Crippen molar-refractivity contribution in [2.45, 2.75) is 19.4 Å². The predicted octanol–water partition coefficient (Wildman–Crippen LogP) is 3.03. The van der Waals surface area contributed by atoms with E-state index in [0.717, 1.165) is 30.1 Å². The van der Waals surface area contributed by atoms with E-state index in [2.05, 4.69) is 5.32 Å². The number of rotatable bonds is 5. The van der Waals surface area contributed by atoms with Crippen LogP contribution in [0.5, 0.6) is 5.75 Å². The number of ether oxygens (including phenoxy) is 1. The fourth-order valence-electron chi connectivity index (χ4n) is 4.28. The molecule has 0 radical (unpaired) electrons. The van der Waals surface area contributed by atoms with Crippen LogP contribution in [0.4, 0.5) is 5.69 Å². The highest BCUT2D eigenvalue weighted by molar-refractivity contribution is 6.01. The maximum absolute atomic E-state index is 13.4. The van der Waals surface area contributed by atoms with Crippen molar-refractivity contribution in [2.75, 3.05) is 37.7 Å². The first-order valence-corrected chi connectivity index (χ1v) is 10.3. The summed E-state index contributed by atoms with van der Waals surface area (Å²) >= 11 is 0. The quantitative estimate of drug-likeness (QED) is 0.793. The Morgan fingerprint density at radius 3 is 2.37 bits per heavy atom. The first-order valence-electron chi connectivity index (χ1n) is 10.3. The summed E-state index contributed by atoms with van der Waals surface area (Å²) in [6.07, 6.45) is 0.232. The molecule has 0 spiro atoms. The van der Waals surface area contributed by atoms with Crippen molar-refractivity contribution >= 4 is 29.9 Å². The second-order valence-corrected chi connectivity index (χ2v) is 7.43. The Morgan fingerprint density at radius 2 is 1.73 bits per heavy atom. The zero-order valence-corrected chi connectivity index (χ0v) is 17.9. The minimum atomic E-state index is -0.390. The topological polar surface area (TPSA) is 61.9 Å². The molecule has 0 aromatic heterocycles. The molecule has 160 valence electrons. The number of hydrogen-bond acceptors (Lipinski definition) is 4. The lowest BCUT2D eigenvalue weighted by Crippen LogP contribution is -2.49. The van der Waals surface area contributed by atoms with Gasteiger partial charge in [-0.2, -0.15) is 0 Å². The van der Waals surface area contributed by atoms with Crippen molar-refractivity contribution in [3.05, 3.63) is 60.2 Å². The van der Waals surface area contributed by atoms with Crippen LogP contribution in [0, 0.1) is 5.92 Å². The number of amides is 2. The van der Waals surface area contributed by atoms with Crippen molar-refractivity contribution in [2.24, 2.45) is 5.92 Å². The van der Waals surface area contributed by atoms with Crippen molar-refractivity contribution < 1.29 is 14.3 Å². The Kier molecular flexibility index (Phi) is 7.34. The number of piperazine rings is 1. The van der Waals surface area contributed by atoms with Crippen molar-refractivity contribution in [1.29, 1.82) is 0 Å². The Bertz CT molecular complexity index is 854. The molecule has 2 aliphatic rings. The number of hydrogen-bond donors (Lipinski definition) is 1. The molecule has 2 aromatic carbocycles. The Balaban J connectivity index is 0.00000256. The zero-order valence-electron chi connectivity index (χ0n) is 17.1. The van der Waals surface area contributed by atoms with Gasteiger partial charge in [0, 0.05) is 38.3 Å². The molecule has 0 unspecified atom stereocenters. The van der Waals surface area contributed by atoms with Crippen LogP contribution in [0.3, 0.4) is 0 Å². The highest BCUT2D eigenvalue weighted by Crippen LogP contribution is 2.42. The number of carbonyl (C=O) groups is 2. The zero-order chi connectivity index (χ0) is 20.2. The number of anilines is 1. The molecule has 2 atom stereocenters. The lowest BCUT2D eigenvalue weighted by molar-refractivity contribution is -0.137. The number of para-hydroxylation sites is 1. The fourth-order valence-corrected chi connectivity index (χ4v) is 4.28. The number of nitrogens with zero attached hydrogens (tertiary/aromatic N) is 2. The summed E-state index contributed by atoms with van der Waals surface area (Å²) in [6.45, 7) is 5.51. The van der Waals surface area contributed by atoms with Gasteiger partial charge < -0.3 is 19.9 Å². The monoisotopic (exact) mass is 429 g/mol. The molecular weight excluding hydrogens is 402 g/mol. The van der Waals surface area contributed by atoms with Gasteiger partial charge in [0.25, 0.3) is 0 Å². The third-order valence-electron chi connectivity index (χ3n) is 5.64. The lowest BCUT2D eigenvalue weighted by atomic mass is 9.91. The molecule has 2 amide bonds. The minimum Gasteiger partial charge on any atom is -0.494 e. The van der Waals surface area contributed by atoms with Gasteiger partial charge in [-0.3, -0.25) is 9.59 Å². The van der Waals surface area contributed by atoms with E-state index >= 15 is 0 Å². The van der Waals surface area contributed by atoms with Gasteiger partial charge in [-0.15, -0.1) is 12.4 Å². The van der Waals surface area contributed by atoms with E-state index in [-0.39, 0.29) is 36.7 Å². The summed E-state index contributed by atoms with van der Waals surface area (Å²) in [5.41, 5.74) is 1.78. The van der Waals surface area contributed by atoms with Gasteiger partial charge in [-0.1, -0.05) is 30.3 Å². The van der Waals surface area contributed by atoms with Gasteiger partial charge in [-0.05, 0) is 36.8 Å². The van der Waals surface area contributed by atoms with Crippen LogP contribution in [0.25, 0.3) is 0 Å². The third-order valence-corrected chi connectivity index (χ3v) is 5.64. The summed E-state index contributed by atoms with van der Waals surface area (Å²) in [4.78, 5) is 30.1. The minimum absolute atomic E-state index is 0. The second-order valence-electron chi connectivity index (χ2n) is 7.43. The smallest absolute Gasteiger partial charge is 0.228 e. The van der Waals surface area contributed by atoms with Crippen LogP contribution in [-0.4, -0.2) is 49.5 Å². The predicted molar refractivity (Wildman–Crippen MR) is 119 cm³/mol. The molecular formula is C23H28ClN3O3. The van der Waals surface area contributed by atoms with Crippen molar-refractivity contribution in [1.82, 2.24) is 10.2 Å². The Morgan fingerprint density at radius 1 is 1.07 bits per heavy atom. The van der Waals surface area contributed by atoms with Crippen LogP contribution in [0.1, 0.15) is 24.9 Å². The second kappa shape index (κ2) is 9.96. The van der Waals surface area contributed by atoms with Crippen molar-refractivity contribution in [3.63, 3.8) is 0 Å².